The maximum atomic E-state index is 8.51. The summed E-state index contributed by atoms with van der Waals surface area (Å²) in [5, 5.41) is 8.51. The Balaban J connectivity index is 2.21. The summed E-state index contributed by atoms with van der Waals surface area (Å²) >= 11 is 0. The Morgan fingerprint density at radius 3 is 2.70 bits per heavy atom. The van der Waals surface area contributed by atoms with Crippen molar-refractivity contribution in [3.63, 3.8) is 0 Å². The SMILES string of the molecule is C#CCN(C#N)CC1CC1. The van der Waals surface area contributed by atoms with Crippen LogP contribution >= 0.6 is 0 Å². The number of hydrogen-bond donors (Lipinski definition) is 0. The van der Waals surface area contributed by atoms with Crippen LogP contribution in [-0.2, 0) is 0 Å². The number of rotatable bonds is 3. The summed E-state index contributed by atoms with van der Waals surface area (Å²) in [5.74, 6) is 3.20. The molecule has 10 heavy (non-hydrogen) atoms. The molecule has 0 aliphatic heterocycles. The number of nitriles is 1. The van der Waals surface area contributed by atoms with E-state index in [0.29, 0.717) is 6.54 Å². The molecular formula is C8H10N2. The van der Waals surface area contributed by atoms with Gasteiger partial charge in [-0.15, -0.1) is 6.42 Å². The Kier molecular flexibility index (Phi) is 2.18. The summed E-state index contributed by atoms with van der Waals surface area (Å²) in [7, 11) is 0. The molecule has 0 spiro atoms. The van der Waals surface area contributed by atoms with Crippen molar-refractivity contribution in [1.82, 2.24) is 4.90 Å². The third-order valence-corrected chi connectivity index (χ3v) is 1.60. The number of nitrogens with zero attached hydrogens (tertiary/aromatic N) is 2. The first-order chi connectivity index (χ1) is 4.86. The van der Waals surface area contributed by atoms with E-state index in [4.69, 9.17) is 11.7 Å². The van der Waals surface area contributed by atoms with Crippen molar-refractivity contribution < 1.29 is 0 Å². The lowest BCUT2D eigenvalue weighted by molar-refractivity contribution is 0.417. The maximum Gasteiger partial charge on any atom is 0.180 e. The van der Waals surface area contributed by atoms with Crippen LogP contribution in [0.4, 0.5) is 0 Å². The minimum absolute atomic E-state index is 0.465. The molecule has 0 aromatic heterocycles. The van der Waals surface area contributed by atoms with Crippen LogP contribution in [0.1, 0.15) is 12.8 Å². The Hall–Kier alpha value is -1.15. The van der Waals surface area contributed by atoms with E-state index in [1.54, 1.807) is 4.90 Å². The molecule has 1 rings (SSSR count). The highest BCUT2D eigenvalue weighted by Gasteiger charge is 2.23. The van der Waals surface area contributed by atoms with Crippen molar-refractivity contribution in [3.05, 3.63) is 0 Å². The second-order valence-electron chi connectivity index (χ2n) is 2.63. The predicted octanol–water partition coefficient (Wildman–Crippen LogP) is 0.813. The van der Waals surface area contributed by atoms with E-state index in [2.05, 4.69) is 12.1 Å². The normalized spacial score (nSPS) is 15.4. The van der Waals surface area contributed by atoms with E-state index < -0.39 is 0 Å². The summed E-state index contributed by atoms with van der Waals surface area (Å²) in [6, 6.07) is 0. The zero-order valence-electron chi connectivity index (χ0n) is 5.88. The zero-order valence-corrected chi connectivity index (χ0v) is 5.88. The van der Waals surface area contributed by atoms with Crippen LogP contribution in [0.3, 0.4) is 0 Å². The molecular weight excluding hydrogens is 124 g/mol. The van der Waals surface area contributed by atoms with Gasteiger partial charge in [-0.3, -0.25) is 4.90 Å². The lowest BCUT2D eigenvalue weighted by Gasteiger charge is -2.09. The van der Waals surface area contributed by atoms with Crippen LogP contribution in [0.5, 0.6) is 0 Å². The van der Waals surface area contributed by atoms with Gasteiger partial charge in [-0.2, -0.15) is 5.26 Å². The Bertz CT molecular complexity index is 180. The standard InChI is InChI=1S/C8H10N2/c1-2-5-10(7-9)6-8-3-4-8/h1,8H,3-6H2. The van der Waals surface area contributed by atoms with Crippen molar-refractivity contribution in [1.29, 1.82) is 5.26 Å². The average Bonchev–Trinajstić information content (AvgIpc) is 2.71. The highest BCUT2D eigenvalue weighted by atomic mass is 15.1. The molecule has 2 heteroatoms. The van der Waals surface area contributed by atoms with Gasteiger partial charge in [0, 0.05) is 6.54 Å². The first-order valence-corrected chi connectivity index (χ1v) is 3.45. The van der Waals surface area contributed by atoms with Gasteiger partial charge < -0.3 is 0 Å². The largest absolute Gasteiger partial charge is 0.298 e. The quantitative estimate of drug-likeness (QED) is 0.324. The molecule has 2 nitrogen and oxygen atoms in total. The minimum Gasteiger partial charge on any atom is -0.298 e. The summed E-state index contributed by atoms with van der Waals surface area (Å²) in [4.78, 5) is 1.64. The molecule has 0 heterocycles. The van der Waals surface area contributed by atoms with Crippen LogP contribution in [-0.4, -0.2) is 18.0 Å². The van der Waals surface area contributed by atoms with Gasteiger partial charge in [0.2, 0.25) is 0 Å². The number of hydrogen-bond acceptors (Lipinski definition) is 2. The maximum absolute atomic E-state index is 8.51. The van der Waals surface area contributed by atoms with E-state index in [1.165, 1.54) is 12.8 Å². The second-order valence-corrected chi connectivity index (χ2v) is 2.63. The Labute approximate surface area is 61.4 Å². The fourth-order valence-electron chi connectivity index (χ4n) is 0.863. The van der Waals surface area contributed by atoms with Crippen LogP contribution in [0.2, 0.25) is 0 Å². The predicted molar refractivity (Wildman–Crippen MR) is 38.7 cm³/mol. The van der Waals surface area contributed by atoms with Crippen molar-refractivity contribution >= 4 is 0 Å². The molecule has 0 radical (unpaired) electrons. The Morgan fingerprint density at radius 1 is 1.60 bits per heavy atom. The topological polar surface area (TPSA) is 27.0 Å². The fourth-order valence-corrected chi connectivity index (χ4v) is 0.863. The molecule has 0 N–H and O–H groups in total. The van der Waals surface area contributed by atoms with Crippen molar-refractivity contribution in [2.24, 2.45) is 5.92 Å². The van der Waals surface area contributed by atoms with Crippen LogP contribution < -0.4 is 0 Å². The minimum atomic E-state index is 0.465. The van der Waals surface area contributed by atoms with Gasteiger partial charge in [0.1, 0.15) is 0 Å². The molecule has 0 saturated heterocycles. The molecule has 1 fully saturated rings. The summed E-state index contributed by atoms with van der Waals surface area (Å²) in [6.45, 7) is 1.33. The van der Waals surface area contributed by atoms with Crippen molar-refractivity contribution in [3.8, 4) is 18.5 Å². The van der Waals surface area contributed by atoms with Crippen LogP contribution in [0.15, 0.2) is 0 Å². The van der Waals surface area contributed by atoms with E-state index in [1.807, 2.05) is 0 Å². The van der Waals surface area contributed by atoms with Crippen LogP contribution in [0.25, 0.3) is 0 Å². The first-order valence-electron chi connectivity index (χ1n) is 3.45. The summed E-state index contributed by atoms with van der Waals surface area (Å²) < 4.78 is 0. The first kappa shape index (κ1) is 6.96. The zero-order chi connectivity index (χ0) is 7.40. The van der Waals surface area contributed by atoms with E-state index in [0.717, 1.165) is 12.5 Å². The van der Waals surface area contributed by atoms with Gasteiger partial charge in [-0.25, -0.2) is 0 Å². The van der Waals surface area contributed by atoms with Gasteiger partial charge in [-0.05, 0) is 18.8 Å². The monoisotopic (exact) mass is 134 g/mol. The molecule has 0 bridgehead atoms. The molecule has 0 amide bonds. The molecule has 52 valence electrons. The molecule has 0 aromatic carbocycles. The van der Waals surface area contributed by atoms with Gasteiger partial charge in [0.15, 0.2) is 6.19 Å². The van der Waals surface area contributed by atoms with E-state index in [9.17, 15) is 0 Å². The molecule has 1 aliphatic carbocycles. The van der Waals surface area contributed by atoms with Crippen LogP contribution in [0, 0.1) is 29.7 Å². The number of terminal acetylenes is 1. The van der Waals surface area contributed by atoms with Crippen molar-refractivity contribution in [2.75, 3.05) is 13.1 Å². The lowest BCUT2D eigenvalue weighted by atomic mass is 10.4. The second kappa shape index (κ2) is 3.13. The molecule has 0 unspecified atom stereocenters. The van der Waals surface area contributed by atoms with Gasteiger partial charge in [0.25, 0.3) is 0 Å². The highest BCUT2D eigenvalue weighted by molar-refractivity contribution is 4.94. The fraction of sp³-hybridized carbons (Fsp3) is 0.625. The third-order valence-electron chi connectivity index (χ3n) is 1.60. The Morgan fingerprint density at radius 2 is 2.30 bits per heavy atom. The van der Waals surface area contributed by atoms with Gasteiger partial charge in [0.05, 0.1) is 6.54 Å². The summed E-state index contributed by atoms with van der Waals surface area (Å²) in [5.41, 5.74) is 0. The van der Waals surface area contributed by atoms with E-state index in [-0.39, 0.29) is 0 Å². The third kappa shape index (κ3) is 1.99. The average molecular weight is 134 g/mol. The summed E-state index contributed by atoms with van der Waals surface area (Å²) in [6.07, 6.45) is 9.66. The van der Waals surface area contributed by atoms with E-state index >= 15 is 0 Å². The molecule has 0 atom stereocenters. The lowest BCUT2D eigenvalue weighted by Crippen LogP contribution is -2.20. The molecule has 1 aliphatic rings. The van der Waals surface area contributed by atoms with Crippen molar-refractivity contribution in [2.45, 2.75) is 12.8 Å². The highest BCUT2D eigenvalue weighted by Crippen LogP contribution is 2.29. The molecule has 0 aromatic rings. The smallest absolute Gasteiger partial charge is 0.180 e. The van der Waals surface area contributed by atoms with Gasteiger partial charge >= 0.3 is 0 Å². The molecule has 1 saturated carbocycles. The van der Waals surface area contributed by atoms with Gasteiger partial charge in [-0.1, -0.05) is 5.92 Å².